The van der Waals surface area contributed by atoms with Crippen molar-refractivity contribution in [2.75, 3.05) is 0 Å². The van der Waals surface area contributed by atoms with Gasteiger partial charge >= 0.3 is 23.9 Å². The lowest BCUT2D eigenvalue weighted by Crippen LogP contribution is -2.26. The smallest absolute Gasteiger partial charge is 0.339 e. The van der Waals surface area contributed by atoms with E-state index in [0.717, 1.165) is 36.4 Å². The molecule has 11 heteroatoms. The van der Waals surface area contributed by atoms with Crippen molar-refractivity contribution in [2.24, 2.45) is 5.41 Å². The minimum atomic E-state index is -4.39. The van der Waals surface area contributed by atoms with Gasteiger partial charge in [-0.05, 0) is 65.0 Å². The number of carboxylic acid groups (broad SMARTS) is 2. The lowest BCUT2D eigenvalue weighted by Gasteiger charge is -2.18. The molecule has 34 heavy (non-hydrogen) atoms. The Morgan fingerprint density at radius 1 is 0.824 bits per heavy atom. The number of carboxylic acids is 2. The second-order valence-electron chi connectivity index (χ2n) is 8.57. The van der Waals surface area contributed by atoms with Crippen LogP contribution in [-0.2, 0) is 19.4 Å². The second kappa shape index (κ2) is 9.64. The van der Waals surface area contributed by atoms with E-state index < -0.39 is 77.5 Å². The maximum atomic E-state index is 13.2. The molecule has 0 bridgehead atoms. The Hall–Kier alpha value is -3.73. The molecule has 0 radical (unpaired) electrons. The van der Waals surface area contributed by atoms with Crippen LogP contribution in [0, 0.1) is 5.41 Å². The quantitative estimate of drug-likeness (QED) is 0.432. The van der Waals surface area contributed by atoms with Crippen molar-refractivity contribution in [3.05, 3.63) is 53.1 Å². The molecule has 2 N–H and O–H groups in total. The summed E-state index contributed by atoms with van der Waals surface area (Å²) in [6.45, 7) is 7.71. The van der Waals surface area contributed by atoms with Gasteiger partial charge in [-0.25, -0.2) is 22.8 Å². The average Bonchev–Trinajstić information content (AvgIpc) is 2.71. The molecule has 2 aromatic carbocycles. The van der Waals surface area contributed by atoms with E-state index in [1.54, 1.807) is 13.8 Å². The first-order chi connectivity index (χ1) is 15.6. The monoisotopic (exact) mass is 492 g/mol. The lowest BCUT2D eigenvalue weighted by molar-refractivity contribution is -0.143. The Labute approximate surface area is 196 Å². The maximum Gasteiger partial charge on any atom is 0.339 e. The van der Waals surface area contributed by atoms with E-state index in [1.165, 1.54) is 20.8 Å². The zero-order valence-electron chi connectivity index (χ0n) is 19.1. The summed E-state index contributed by atoms with van der Waals surface area (Å²) in [7, 11) is -4.39. The standard InChI is InChI=1S/C23H24O10S/c1-12(2)32-21(28)17-10-13(6-8-15(17)19(24)25)34(30,31)14-7-9-16(20(26)27)18(11-14)33-22(29)23(3,4)5/h6-12H,1-5H3,(H,24,25)(H,26,27). The molecule has 0 heterocycles. The van der Waals surface area contributed by atoms with Crippen molar-refractivity contribution in [1.29, 1.82) is 0 Å². The summed E-state index contributed by atoms with van der Waals surface area (Å²) in [6.07, 6.45) is -0.585. The molecule has 0 unspecified atom stereocenters. The Kier molecular flexibility index (Phi) is 7.52. The molecule has 0 amide bonds. The van der Waals surface area contributed by atoms with E-state index >= 15 is 0 Å². The van der Waals surface area contributed by atoms with Crippen LogP contribution < -0.4 is 4.74 Å². The number of aromatic carboxylic acids is 2. The third-order valence-electron chi connectivity index (χ3n) is 4.40. The largest absolute Gasteiger partial charge is 0.478 e. The van der Waals surface area contributed by atoms with Crippen LogP contribution in [0.1, 0.15) is 65.7 Å². The number of sulfone groups is 1. The molecular formula is C23H24O10S. The Morgan fingerprint density at radius 3 is 1.79 bits per heavy atom. The van der Waals surface area contributed by atoms with Gasteiger partial charge in [-0.15, -0.1) is 0 Å². The molecule has 0 saturated carbocycles. The van der Waals surface area contributed by atoms with Gasteiger partial charge in [0, 0.05) is 6.07 Å². The van der Waals surface area contributed by atoms with Crippen LogP contribution in [0.25, 0.3) is 0 Å². The fraction of sp³-hybridized carbons (Fsp3) is 0.304. The highest BCUT2D eigenvalue weighted by Gasteiger charge is 2.29. The first kappa shape index (κ1) is 26.5. The molecule has 0 spiro atoms. The third kappa shape index (κ3) is 5.79. The number of esters is 2. The van der Waals surface area contributed by atoms with Crippen molar-refractivity contribution in [1.82, 2.24) is 0 Å². The van der Waals surface area contributed by atoms with Crippen molar-refractivity contribution in [3.63, 3.8) is 0 Å². The summed E-state index contributed by atoms with van der Waals surface area (Å²) in [4.78, 5) is 46.8. The lowest BCUT2D eigenvalue weighted by atomic mass is 9.97. The number of benzene rings is 2. The van der Waals surface area contributed by atoms with Crippen LogP contribution in [0.3, 0.4) is 0 Å². The van der Waals surface area contributed by atoms with Crippen molar-refractivity contribution >= 4 is 33.7 Å². The van der Waals surface area contributed by atoms with Crippen LogP contribution in [0.5, 0.6) is 5.75 Å². The zero-order chi connectivity index (χ0) is 26.0. The van der Waals surface area contributed by atoms with Gasteiger partial charge in [0.05, 0.1) is 32.4 Å². The van der Waals surface area contributed by atoms with Gasteiger partial charge in [-0.3, -0.25) is 4.79 Å². The minimum Gasteiger partial charge on any atom is -0.478 e. The second-order valence-corrected chi connectivity index (χ2v) is 10.5. The number of carbonyl (C=O) groups is 4. The number of hydrogen-bond acceptors (Lipinski definition) is 8. The Balaban J connectivity index is 2.64. The van der Waals surface area contributed by atoms with Gasteiger partial charge < -0.3 is 19.7 Å². The first-order valence-corrected chi connectivity index (χ1v) is 11.5. The van der Waals surface area contributed by atoms with Crippen molar-refractivity contribution < 1.29 is 47.3 Å². The zero-order valence-corrected chi connectivity index (χ0v) is 19.9. The average molecular weight is 493 g/mol. The predicted octanol–water partition coefficient (Wildman–Crippen LogP) is 3.43. The Bertz CT molecular complexity index is 1270. The molecule has 0 aliphatic rings. The van der Waals surface area contributed by atoms with E-state index in [4.69, 9.17) is 9.47 Å². The normalized spacial score (nSPS) is 11.7. The molecule has 0 aliphatic carbocycles. The molecule has 0 aliphatic heterocycles. The summed E-state index contributed by atoms with van der Waals surface area (Å²) in [5.74, 6) is -5.18. The van der Waals surface area contributed by atoms with E-state index in [-0.39, 0.29) is 0 Å². The van der Waals surface area contributed by atoms with Gasteiger partial charge in [-0.2, -0.15) is 0 Å². The van der Waals surface area contributed by atoms with E-state index in [1.807, 2.05) is 0 Å². The molecule has 2 aromatic rings. The number of rotatable bonds is 7. The highest BCUT2D eigenvalue weighted by molar-refractivity contribution is 7.91. The predicted molar refractivity (Wildman–Crippen MR) is 118 cm³/mol. The minimum absolute atomic E-state index is 0.430. The number of carbonyl (C=O) groups excluding carboxylic acids is 2. The molecule has 0 fully saturated rings. The topological polar surface area (TPSA) is 161 Å². The van der Waals surface area contributed by atoms with E-state index in [2.05, 4.69) is 0 Å². The molecule has 0 saturated heterocycles. The van der Waals surface area contributed by atoms with Gasteiger partial charge in [0.2, 0.25) is 9.84 Å². The van der Waals surface area contributed by atoms with Crippen molar-refractivity contribution in [3.8, 4) is 5.75 Å². The van der Waals surface area contributed by atoms with E-state index in [9.17, 15) is 37.8 Å². The fourth-order valence-corrected chi connectivity index (χ4v) is 3.95. The molecule has 0 atom stereocenters. The highest BCUT2D eigenvalue weighted by atomic mass is 32.2. The van der Waals surface area contributed by atoms with Crippen LogP contribution in [0.4, 0.5) is 0 Å². The summed E-state index contributed by atoms with van der Waals surface area (Å²) < 4.78 is 36.7. The number of ether oxygens (including phenoxy) is 2. The van der Waals surface area contributed by atoms with Crippen LogP contribution in [0.2, 0.25) is 0 Å². The van der Waals surface area contributed by atoms with Gasteiger partial charge in [0.25, 0.3) is 0 Å². The highest BCUT2D eigenvalue weighted by Crippen LogP contribution is 2.30. The molecular weight excluding hydrogens is 468 g/mol. The summed E-state index contributed by atoms with van der Waals surface area (Å²) in [5, 5.41) is 18.8. The van der Waals surface area contributed by atoms with Crippen LogP contribution >= 0.6 is 0 Å². The van der Waals surface area contributed by atoms with Gasteiger partial charge in [0.1, 0.15) is 11.3 Å². The molecule has 10 nitrogen and oxygen atoms in total. The van der Waals surface area contributed by atoms with Gasteiger partial charge in [-0.1, -0.05) is 0 Å². The summed E-state index contributed by atoms with van der Waals surface area (Å²) in [5.41, 5.74) is -2.35. The van der Waals surface area contributed by atoms with Crippen LogP contribution in [-0.4, -0.2) is 48.6 Å². The maximum absolute atomic E-state index is 13.2. The van der Waals surface area contributed by atoms with E-state index in [0.29, 0.717) is 0 Å². The van der Waals surface area contributed by atoms with Gasteiger partial charge in [0.15, 0.2) is 0 Å². The summed E-state index contributed by atoms with van der Waals surface area (Å²) in [6, 6.07) is 5.69. The number of hydrogen-bond donors (Lipinski definition) is 2. The molecule has 0 aromatic heterocycles. The molecule has 2 rings (SSSR count). The van der Waals surface area contributed by atoms with Crippen LogP contribution in [0.15, 0.2) is 46.2 Å². The molecule has 182 valence electrons. The first-order valence-electron chi connectivity index (χ1n) is 9.98. The fourth-order valence-electron chi connectivity index (χ4n) is 2.64. The third-order valence-corrected chi connectivity index (χ3v) is 6.15. The summed E-state index contributed by atoms with van der Waals surface area (Å²) >= 11 is 0. The van der Waals surface area contributed by atoms with Crippen molar-refractivity contribution in [2.45, 2.75) is 50.5 Å². The SMILES string of the molecule is CC(C)OC(=O)c1cc(S(=O)(=O)c2ccc(C(=O)O)c(OC(=O)C(C)(C)C)c2)ccc1C(=O)O. The Morgan fingerprint density at radius 2 is 1.32 bits per heavy atom.